The third-order valence-electron chi connectivity index (χ3n) is 3.76. The Morgan fingerprint density at radius 1 is 1.12 bits per heavy atom. The molecule has 0 amide bonds. The van der Waals surface area contributed by atoms with Crippen molar-refractivity contribution in [3.05, 3.63) is 59.7 Å². The Balaban J connectivity index is 2.17. The van der Waals surface area contributed by atoms with Crippen LogP contribution in [0.2, 0.25) is 0 Å². The lowest BCUT2D eigenvalue weighted by molar-refractivity contribution is 0.978. The molecule has 0 saturated carbocycles. The average molecular weight is 218 g/mol. The molecule has 0 saturated heterocycles. The number of aromatic nitrogens is 1. The van der Waals surface area contributed by atoms with Crippen molar-refractivity contribution in [2.24, 2.45) is 7.05 Å². The van der Waals surface area contributed by atoms with Gasteiger partial charge in [0.2, 0.25) is 0 Å². The highest BCUT2D eigenvalue weighted by Crippen LogP contribution is 2.41. The van der Waals surface area contributed by atoms with E-state index < -0.39 is 0 Å². The van der Waals surface area contributed by atoms with Gasteiger partial charge in [-0.15, -0.1) is 0 Å². The van der Waals surface area contributed by atoms with Crippen LogP contribution >= 0.6 is 0 Å². The molecule has 1 heteroatoms. The fourth-order valence-electron chi connectivity index (χ4n) is 3.00. The van der Waals surface area contributed by atoms with E-state index in [2.05, 4.69) is 54.1 Å². The first-order valence-electron chi connectivity index (χ1n) is 5.92. The number of rotatable bonds is 0. The zero-order valence-corrected chi connectivity index (χ0v) is 9.70. The first kappa shape index (κ1) is 9.06. The molecule has 17 heavy (non-hydrogen) atoms. The molecule has 1 nitrogen and oxygen atoms in total. The van der Waals surface area contributed by atoms with Gasteiger partial charge in [-0.3, -0.25) is 0 Å². The molecule has 0 spiro atoms. The third kappa shape index (κ3) is 1.04. The van der Waals surface area contributed by atoms with Gasteiger partial charge in [0.05, 0.1) is 5.69 Å². The van der Waals surface area contributed by atoms with Crippen LogP contribution in [0.15, 0.2) is 42.5 Å². The molecule has 1 aromatic heterocycles. The Morgan fingerprint density at radius 3 is 2.94 bits per heavy atom. The Morgan fingerprint density at radius 2 is 2.00 bits per heavy atom. The smallest absolute Gasteiger partial charge is 0.0527 e. The van der Waals surface area contributed by atoms with Crippen LogP contribution in [-0.2, 0) is 13.5 Å². The lowest BCUT2D eigenvalue weighted by atomic mass is 10.1. The van der Waals surface area contributed by atoms with Crippen molar-refractivity contribution in [1.82, 2.24) is 4.57 Å². The molecular formula is C16H12N. The number of hydrogen-bond acceptors (Lipinski definition) is 0. The summed E-state index contributed by atoms with van der Waals surface area (Å²) in [6.45, 7) is 0. The molecule has 0 bridgehead atoms. The maximum Gasteiger partial charge on any atom is 0.0527 e. The summed E-state index contributed by atoms with van der Waals surface area (Å²) in [4.78, 5) is 0. The average Bonchev–Trinajstić information content (AvgIpc) is 2.88. The molecule has 0 aliphatic heterocycles. The lowest BCUT2D eigenvalue weighted by Gasteiger charge is -2.04. The maximum atomic E-state index is 3.39. The van der Waals surface area contributed by atoms with Gasteiger partial charge in [0.15, 0.2) is 0 Å². The highest BCUT2D eigenvalue weighted by molar-refractivity contribution is 5.94. The summed E-state index contributed by atoms with van der Waals surface area (Å²) < 4.78 is 2.30. The van der Waals surface area contributed by atoms with E-state index in [-0.39, 0.29) is 0 Å². The fraction of sp³-hybridized carbons (Fsp3) is 0.125. The van der Waals surface area contributed by atoms with Gasteiger partial charge in [-0.25, -0.2) is 0 Å². The number of benzene rings is 2. The third-order valence-corrected chi connectivity index (χ3v) is 3.76. The minimum atomic E-state index is 1.04. The van der Waals surface area contributed by atoms with Crippen LogP contribution in [0.5, 0.6) is 0 Å². The topological polar surface area (TPSA) is 4.93 Å². The van der Waals surface area contributed by atoms with Crippen molar-refractivity contribution in [2.45, 2.75) is 6.42 Å². The monoisotopic (exact) mass is 218 g/mol. The van der Waals surface area contributed by atoms with E-state index in [1.54, 1.807) is 0 Å². The van der Waals surface area contributed by atoms with E-state index >= 15 is 0 Å². The molecule has 0 fully saturated rings. The van der Waals surface area contributed by atoms with Crippen molar-refractivity contribution in [1.29, 1.82) is 0 Å². The quantitative estimate of drug-likeness (QED) is 0.425. The van der Waals surface area contributed by atoms with E-state index in [1.807, 2.05) is 6.07 Å². The molecule has 0 unspecified atom stereocenters. The molecule has 0 atom stereocenters. The molecule has 2 aromatic carbocycles. The van der Waals surface area contributed by atoms with Crippen LogP contribution in [0.1, 0.15) is 11.1 Å². The van der Waals surface area contributed by atoms with Crippen LogP contribution in [-0.4, -0.2) is 4.57 Å². The summed E-state index contributed by atoms with van der Waals surface area (Å²) in [6.07, 6.45) is 1.04. The van der Waals surface area contributed by atoms with Crippen molar-refractivity contribution in [3.63, 3.8) is 0 Å². The largest absolute Gasteiger partial charge is 0.343 e. The first-order chi connectivity index (χ1) is 8.36. The van der Waals surface area contributed by atoms with Gasteiger partial charge in [0.1, 0.15) is 0 Å². The highest BCUT2D eigenvalue weighted by Gasteiger charge is 2.24. The SMILES string of the molecule is Cn1c2c(c3[c]cccc31)Cc1ccccc1-2. The molecule has 1 aliphatic carbocycles. The summed E-state index contributed by atoms with van der Waals surface area (Å²) in [6, 6.07) is 18.3. The number of hydrogen-bond donors (Lipinski definition) is 0. The molecule has 3 aromatic rings. The molecule has 1 heterocycles. The maximum absolute atomic E-state index is 3.39. The molecule has 4 rings (SSSR count). The predicted octanol–water partition coefficient (Wildman–Crippen LogP) is 3.55. The van der Waals surface area contributed by atoms with Crippen molar-refractivity contribution in [2.75, 3.05) is 0 Å². The molecular weight excluding hydrogens is 206 g/mol. The fourth-order valence-corrected chi connectivity index (χ4v) is 3.00. The van der Waals surface area contributed by atoms with Gasteiger partial charge in [-0.1, -0.05) is 36.4 Å². The first-order valence-corrected chi connectivity index (χ1v) is 5.92. The Hall–Kier alpha value is -2.02. The second-order valence-corrected chi connectivity index (χ2v) is 4.65. The summed E-state index contributed by atoms with van der Waals surface area (Å²) in [7, 11) is 2.15. The molecule has 81 valence electrons. The molecule has 1 aliphatic rings. The zero-order chi connectivity index (χ0) is 11.4. The number of aryl methyl sites for hydroxylation is 1. The van der Waals surface area contributed by atoms with Crippen molar-refractivity contribution >= 4 is 10.9 Å². The highest BCUT2D eigenvalue weighted by atomic mass is 15.0. The minimum absolute atomic E-state index is 1.04. The Labute approximate surface area is 100 Å². The Kier molecular flexibility index (Phi) is 1.60. The van der Waals surface area contributed by atoms with Gasteiger partial charge in [-0.2, -0.15) is 0 Å². The summed E-state index contributed by atoms with van der Waals surface area (Å²) >= 11 is 0. The van der Waals surface area contributed by atoms with E-state index in [0.29, 0.717) is 0 Å². The normalized spacial score (nSPS) is 12.8. The van der Waals surface area contributed by atoms with Gasteiger partial charge >= 0.3 is 0 Å². The summed E-state index contributed by atoms with van der Waals surface area (Å²) in [5.41, 5.74) is 6.91. The van der Waals surface area contributed by atoms with Crippen LogP contribution in [0.3, 0.4) is 0 Å². The predicted molar refractivity (Wildman–Crippen MR) is 70.0 cm³/mol. The van der Waals surface area contributed by atoms with Crippen molar-refractivity contribution in [3.8, 4) is 11.3 Å². The summed E-state index contributed by atoms with van der Waals surface area (Å²) in [5.74, 6) is 0. The van der Waals surface area contributed by atoms with E-state index in [0.717, 1.165) is 6.42 Å². The zero-order valence-electron chi connectivity index (χ0n) is 9.70. The number of nitrogens with zero attached hydrogens (tertiary/aromatic N) is 1. The second kappa shape index (κ2) is 3.01. The van der Waals surface area contributed by atoms with Gasteiger partial charge < -0.3 is 4.57 Å². The lowest BCUT2D eigenvalue weighted by Crippen LogP contribution is -1.90. The van der Waals surface area contributed by atoms with E-state index in [9.17, 15) is 0 Å². The van der Waals surface area contributed by atoms with Crippen LogP contribution < -0.4 is 0 Å². The van der Waals surface area contributed by atoms with Gasteiger partial charge in [0, 0.05) is 29.9 Å². The number of fused-ring (bicyclic) bond motifs is 5. The standard InChI is InChI=1S/C16H12N/c1-17-15-9-5-4-8-13(15)14-10-11-6-2-3-7-12(11)16(14)17/h2-7,9H,10H2,1H3. The van der Waals surface area contributed by atoms with Crippen LogP contribution in [0.4, 0.5) is 0 Å². The minimum Gasteiger partial charge on any atom is -0.343 e. The molecule has 1 radical (unpaired) electrons. The molecule has 0 N–H and O–H groups in total. The second-order valence-electron chi connectivity index (χ2n) is 4.65. The van der Waals surface area contributed by atoms with Crippen LogP contribution in [0, 0.1) is 6.07 Å². The van der Waals surface area contributed by atoms with E-state index in [1.165, 1.54) is 33.3 Å². The van der Waals surface area contributed by atoms with Gasteiger partial charge in [-0.05, 0) is 23.3 Å². The van der Waals surface area contributed by atoms with Crippen molar-refractivity contribution < 1.29 is 0 Å². The van der Waals surface area contributed by atoms with E-state index in [4.69, 9.17) is 0 Å². The summed E-state index contributed by atoms with van der Waals surface area (Å²) in [5, 5.41) is 1.28. The van der Waals surface area contributed by atoms with Crippen LogP contribution in [0.25, 0.3) is 22.2 Å². The van der Waals surface area contributed by atoms with Gasteiger partial charge in [0.25, 0.3) is 0 Å². The Bertz CT molecular complexity index is 734.